The molecule has 1 aromatic carbocycles. The van der Waals surface area contributed by atoms with Crippen LogP contribution >= 0.6 is 0 Å². The van der Waals surface area contributed by atoms with E-state index in [1.54, 1.807) is 0 Å². The number of quaternary nitrogens is 1. The summed E-state index contributed by atoms with van der Waals surface area (Å²) < 4.78 is 0. The summed E-state index contributed by atoms with van der Waals surface area (Å²) in [7, 11) is 4.26. The molecule has 0 spiro atoms. The van der Waals surface area contributed by atoms with E-state index >= 15 is 0 Å². The van der Waals surface area contributed by atoms with E-state index in [0.29, 0.717) is 0 Å². The number of likely N-dealkylation sites (N-methyl/N-ethyl adjacent to an activating group) is 1. The summed E-state index contributed by atoms with van der Waals surface area (Å²) in [6.45, 7) is 3.41. The Hall–Kier alpha value is -1.06. The average Bonchev–Trinajstić information content (AvgIpc) is 2.26. The Morgan fingerprint density at radius 3 is 2.94 bits per heavy atom. The Morgan fingerprint density at radius 1 is 1.38 bits per heavy atom. The second-order valence-electron chi connectivity index (χ2n) is 4.86. The zero-order chi connectivity index (χ0) is 11.5. The van der Waals surface area contributed by atoms with Gasteiger partial charge in [-0.15, -0.1) is 0 Å². The first-order chi connectivity index (χ1) is 7.66. The highest BCUT2D eigenvalue weighted by Gasteiger charge is 2.17. The van der Waals surface area contributed by atoms with Crippen LogP contribution in [0.3, 0.4) is 0 Å². The quantitative estimate of drug-likeness (QED) is 0.820. The number of anilines is 1. The first-order valence-electron chi connectivity index (χ1n) is 6.01. The molecule has 0 amide bonds. The summed E-state index contributed by atoms with van der Waals surface area (Å²) in [4.78, 5) is 4.73. The highest BCUT2D eigenvalue weighted by atomic mass is 15.2. The summed E-state index contributed by atoms with van der Waals surface area (Å²) in [6.07, 6.45) is 2.49. The van der Waals surface area contributed by atoms with Gasteiger partial charge in [0.25, 0.3) is 0 Å². The molecule has 0 saturated carbocycles. The van der Waals surface area contributed by atoms with Gasteiger partial charge in [0.15, 0.2) is 0 Å². The van der Waals surface area contributed by atoms with Crippen molar-refractivity contribution in [3.05, 3.63) is 23.8 Å². The molecular formula is C13H22N3+. The van der Waals surface area contributed by atoms with Crippen LogP contribution in [-0.2, 0) is 6.42 Å². The molecule has 0 unspecified atom stereocenters. The van der Waals surface area contributed by atoms with E-state index in [2.05, 4.69) is 47.8 Å². The molecule has 0 aliphatic carbocycles. The van der Waals surface area contributed by atoms with Crippen molar-refractivity contribution in [3.8, 4) is 0 Å². The maximum absolute atomic E-state index is 4.02. The fourth-order valence-electron chi connectivity index (χ4n) is 2.25. The maximum Gasteiger partial charge on any atom is 0.130 e. The van der Waals surface area contributed by atoms with Crippen LogP contribution in [0.15, 0.2) is 18.2 Å². The third kappa shape index (κ3) is 2.54. The lowest BCUT2D eigenvalue weighted by atomic mass is 10.0. The maximum atomic E-state index is 4.02. The van der Waals surface area contributed by atoms with E-state index in [4.69, 9.17) is 0 Å². The van der Waals surface area contributed by atoms with Crippen molar-refractivity contribution in [2.24, 2.45) is 0 Å². The molecule has 0 saturated heterocycles. The fourth-order valence-corrected chi connectivity index (χ4v) is 2.25. The molecule has 88 valence electrons. The van der Waals surface area contributed by atoms with Crippen molar-refractivity contribution in [3.63, 3.8) is 0 Å². The Bertz CT molecular complexity index is 360. The van der Waals surface area contributed by atoms with Crippen molar-refractivity contribution in [1.29, 1.82) is 0 Å². The van der Waals surface area contributed by atoms with Crippen LogP contribution in [-0.4, -0.2) is 38.6 Å². The van der Waals surface area contributed by atoms with Gasteiger partial charge >= 0.3 is 0 Å². The minimum atomic E-state index is 1.11. The van der Waals surface area contributed by atoms with Crippen LogP contribution < -0.4 is 10.6 Å². The van der Waals surface area contributed by atoms with Gasteiger partial charge in [-0.05, 0) is 38.6 Å². The fraction of sp³-hybridized carbons (Fsp3) is 0.538. The molecule has 1 aromatic rings. The topological polar surface area (TPSA) is 34.1 Å². The zero-order valence-corrected chi connectivity index (χ0v) is 10.4. The number of aryl methyl sites for hydroxylation is 1. The highest BCUT2D eigenvalue weighted by molar-refractivity contribution is 5.60. The lowest BCUT2D eigenvalue weighted by Crippen LogP contribution is -2.41. The van der Waals surface area contributed by atoms with Crippen molar-refractivity contribution in [2.45, 2.75) is 12.8 Å². The monoisotopic (exact) mass is 220 g/mol. The van der Waals surface area contributed by atoms with Crippen LogP contribution in [0.2, 0.25) is 0 Å². The van der Waals surface area contributed by atoms with Gasteiger partial charge in [-0.3, -0.25) is 0 Å². The van der Waals surface area contributed by atoms with Crippen LogP contribution in [0.1, 0.15) is 12.0 Å². The Labute approximate surface area is 97.8 Å². The number of hydrogen-bond donors (Lipinski definition) is 1. The first kappa shape index (κ1) is 11.4. The van der Waals surface area contributed by atoms with E-state index in [9.17, 15) is 0 Å². The van der Waals surface area contributed by atoms with Crippen molar-refractivity contribution < 1.29 is 5.73 Å². The molecule has 3 heteroatoms. The third-order valence-corrected chi connectivity index (χ3v) is 3.18. The summed E-state index contributed by atoms with van der Waals surface area (Å²) in [5.74, 6) is 0. The largest absolute Gasteiger partial charge is 0.370 e. The van der Waals surface area contributed by atoms with E-state index in [1.165, 1.54) is 30.6 Å². The molecule has 2 rings (SSSR count). The summed E-state index contributed by atoms with van der Waals surface area (Å²) in [5.41, 5.74) is 8.03. The molecule has 16 heavy (non-hydrogen) atoms. The Morgan fingerprint density at radius 2 is 2.19 bits per heavy atom. The van der Waals surface area contributed by atoms with Gasteiger partial charge in [0.2, 0.25) is 0 Å². The van der Waals surface area contributed by atoms with E-state index < -0.39 is 0 Å². The van der Waals surface area contributed by atoms with Crippen molar-refractivity contribution >= 4 is 11.4 Å². The highest BCUT2D eigenvalue weighted by Crippen LogP contribution is 2.28. The standard InChI is InChI=1S/C13H21N3/c1-15(2)8-9-16-7-3-4-11-5-6-12(14)10-13(11)16/h5-6,10H,3-4,7-9,14H2,1-2H3/p+1. The summed E-state index contributed by atoms with van der Waals surface area (Å²) in [5, 5.41) is 0. The summed E-state index contributed by atoms with van der Waals surface area (Å²) in [6, 6.07) is 6.58. The zero-order valence-electron chi connectivity index (χ0n) is 10.4. The number of benzene rings is 1. The molecule has 1 heterocycles. The molecule has 3 nitrogen and oxygen atoms in total. The second-order valence-corrected chi connectivity index (χ2v) is 4.86. The minimum absolute atomic E-state index is 1.11. The van der Waals surface area contributed by atoms with Gasteiger partial charge in [-0.25, -0.2) is 0 Å². The van der Waals surface area contributed by atoms with Gasteiger partial charge in [0.05, 0.1) is 0 Å². The van der Waals surface area contributed by atoms with Crippen LogP contribution in [0.25, 0.3) is 0 Å². The normalized spacial score (nSPS) is 15.4. The van der Waals surface area contributed by atoms with Crippen molar-refractivity contribution in [1.82, 2.24) is 4.90 Å². The minimum Gasteiger partial charge on any atom is -0.370 e. The number of nitrogens with zero attached hydrogens (tertiary/aromatic N) is 2. The molecular weight excluding hydrogens is 198 g/mol. The van der Waals surface area contributed by atoms with Gasteiger partial charge in [-0.1, -0.05) is 6.07 Å². The number of fused-ring (bicyclic) bond motifs is 1. The molecule has 0 bridgehead atoms. The molecule has 3 N–H and O–H groups in total. The van der Waals surface area contributed by atoms with Gasteiger partial charge in [0, 0.05) is 31.4 Å². The Balaban J connectivity index is 2.15. The lowest BCUT2D eigenvalue weighted by Gasteiger charge is -2.32. The molecule has 0 radical (unpaired) electrons. The van der Waals surface area contributed by atoms with Crippen molar-refractivity contribution in [2.75, 3.05) is 38.6 Å². The first-order valence-corrected chi connectivity index (χ1v) is 6.01. The molecule has 1 aliphatic rings. The van der Waals surface area contributed by atoms with Crippen LogP contribution in [0.5, 0.6) is 0 Å². The van der Waals surface area contributed by atoms with E-state index in [1.807, 2.05) is 0 Å². The lowest BCUT2D eigenvalue weighted by molar-refractivity contribution is -0.254. The van der Waals surface area contributed by atoms with E-state index in [0.717, 1.165) is 18.8 Å². The predicted octanol–water partition coefficient (Wildman–Crippen LogP) is 0.874. The summed E-state index contributed by atoms with van der Waals surface area (Å²) >= 11 is 0. The molecule has 0 aromatic heterocycles. The SMILES string of the molecule is CN(C)CCN1CCCc2ccc([NH3+])cc21. The van der Waals surface area contributed by atoms with Crippen LogP contribution in [0.4, 0.5) is 11.4 Å². The van der Waals surface area contributed by atoms with Gasteiger partial charge in [-0.2, -0.15) is 0 Å². The third-order valence-electron chi connectivity index (χ3n) is 3.18. The average molecular weight is 220 g/mol. The van der Waals surface area contributed by atoms with Gasteiger partial charge in [0.1, 0.15) is 5.69 Å². The number of rotatable bonds is 3. The smallest absolute Gasteiger partial charge is 0.130 e. The molecule has 1 aliphatic heterocycles. The molecule has 0 fully saturated rings. The van der Waals surface area contributed by atoms with Crippen LogP contribution in [0, 0.1) is 0 Å². The molecule has 0 atom stereocenters. The van der Waals surface area contributed by atoms with Gasteiger partial charge < -0.3 is 15.5 Å². The predicted molar refractivity (Wildman–Crippen MR) is 68.1 cm³/mol. The Kier molecular flexibility index (Phi) is 3.46. The number of hydrogen-bond acceptors (Lipinski definition) is 2. The van der Waals surface area contributed by atoms with E-state index in [-0.39, 0.29) is 0 Å². The second kappa shape index (κ2) is 4.85.